The molecule has 3 nitrogen and oxygen atoms in total. The summed E-state index contributed by atoms with van der Waals surface area (Å²) in [4.78, 5) is 12.9. The molecule has 1 unspecified atom stereocenters. The number of nitrogens with one attached hydrogen (secondary N) is 1. The van der Waals surface area contributed by atoms with Crippen LogP contribution in [0, 0.1) is 0 Å². The molecule has 108 valence electrons. The van der Waals surface area contributed by atoms with E-state index >= 15 is 0 Å². The molecule has 21 heavy (non-hydrogen) atoms. The van der Waals surface area contributed by atoms with Crippen LogP contribution in [0.25, 0.3) is 0 Å². The van der Waals surface area contributed by atoms with Gasteiger partial charge in [-0.2, -0.15) is 0 Å². The van der Waals surface area contributed by atoms with Crippen molar-refractivity contribution in [3.8, 4) is 0 Å². The number of halogens is 2. The van der Waals surface area contributed by atoms with Gasteiger partial charge in [0, 0.05) is 27.9 Å². The molecule has 0 spiro atoms. The van der Waals surface area contributed by atoms with E-state index in [2.05, 4.69) is 5.32 Å². The highest BCUT2D eigenvalue weighted by atomic mass is 35.5. The zero-order valence-electron chi connectivity index (χ0n) is 11.4. The molecule has 0 radical (unpaired) electrons. The number of hydrogen-bond acceptors (Lipinski definition) is 2. The molecule has 3 rings (SSSR count). The number of likely N-dealkylation sites (N-methyl/N-ethyl adjacent to an activating group) is 1. The first-order valence-electron chi connectivity index (χ1n) is 6.72. The van der Waals surface area contributed by atoms with Crippen molar-refractivity contribution in [2.45, 2.75) is 12.5 Å². The molecule has 0 aliphatic carbocycles. The predicted octanol–water partition coefficient (Wildman–Crippen LogP) is 3.69. The van der Waals surface area contributed by atoms with E-state index in [4.69, 9.17) is 23.4 Å². The third kappa shape index (κ3) is 1.96. The maximum absolute atomic E-state index is 12.9. The number of nitrogens with zero attached hydrogens (tertiary/aromatic N) is 1. The van der Waals surface area contributed by atoms with Crippen molar-refractivity contribution < 1.29 is 4.79 Å². The van der Waals surface area contributed by atoms with Crippen molar-refractivity contribution in [1.29, 1.82) is 0 Å². The van der Waals surface area contributed by atoms with Gasteiger partial charge in [-0.25, -0.2) is 4.42 Å². The molecule has 1 amide bonds. The van der Waals surface area contributed by atoms with Crippen LogP contribution in [0.3, 0.4) is 0 Å². The van der Waals surface area contributed by atoms with Crippen LogP contribution >= 0.6 is 23.4 Å². The summed E-state index contributed by atoms with van der Waals surface area (Å²) >= 11 is 12.6. The normalized spacial score (nSPS) is 20.7. The third-order valence-corrected chi connectivity index (χ3v) is 4.40. The van der Waals surface area contributed by atoms with Gasteiger partial charge in [0.1, 0.15) is 0 Å². The van der Waals surface area contributed by atoms with Crippen molar-refractivity contribution >= 4 is 35.0 Å². The van der Waals surface area contributed by atoms with Gasteiger partial charge < -0.3 is 0 Å². The second-order valence-electron chi connectivity index (χ2n) is 4.86. The van der Waals surface area contributed by atoms with E-state index in [1.165, 1.54) is 4.42 Å². The first kappa shape index (κ1) is 14.4. The summed E-state index contributed by atoms with van der Waals surface area (Å²) in [5, 5.41) is 3.83. The van der Waals surface area contributed by atoms with Crippen LogP contribution in [0.1, 0.15) is 18.1 Å². The number of benzene rings is 2. The zero-order valence-corrected chi connectivity index (χ0v) is 12.9. The number of fused-ring (bicyclic) bond motifs is 1. The third-order valence-electron chi connectivity index (χ3n) is 3.74. The average molecular weight is 321 g/mol. The van der Waals surface area contributed by atoms with Gasteiger partial charge in [0.2, 0.25) is 0 Å². The molecule has 1 heterocycles. The molecule has 1 aliphatic rings. The molecule has 0 aromatic heterocycles. The van der Waals surface area contributed by atoms with Crippen molar-refractivity contribution in [2.75, 3.05) is 11.0 Å². The Hall–Kier alpha value is -1.55. The topological polar surface area (TPSA) is 32.3 Å². The average Bonchev–Trinajstić information content (AvgIpc) is 2.72. The van der Waals surface area contributed by atoms with Crippen molar-refractivity contribution in [2.24, 2.45) is 0 Å². The Morgan fingerprint density at radius 3 is 2.38 bits per heavy atom. The number of amides is 1. The van der Waals surface area contributed by atoms with Gasteiger partial charge in [-0.1, -0.05) is 54.9 Å². The van der Waals surface area contributed by atoms with E-state index in [-0.39, 0.29) is 5.91 Å². The summed E-state index contributed by atoms with van der Waals surface area (Å²) in [6.45, 7) is 2.56. The maximum Gasteiger partial charge on any atom is 0.271 e. The molecule has 0 fully saturated rings. The first-order valence-corrected chi connectivity index (χ1v) is 7.44. The monoisotopic (exact) mass is 320 g/mol. The van der Waals surface area contributed by atoms with E-state index in [9.17, 15) is 4.79 Å². The largest absolute Gasteiger partial charge is 0.296 e. The Morgan fingerprint density at radius 2 is 1.71 bits per heavy atom. The van der Waals surface area contributed by atoms with Crippen LogP contribution in [0.2, 0.25) is 5.02 Å². The first-order chi connectivity index (χ1) is 10.1. The molecule has 5 heteroatoms. The Kier molecular flexibility index (Phi) is 3.66. The summed E-state index contributed by atoms with van der Waals surface area (Å²) < 4.78 is 1.17. The van der Waals surface area contributed by atoms with Gasteiger partial charge in [-0.15, -0.1) is 0 Å². The van der Waals surface area contributed by atoms with Gasteiger partial charge in [-0.05, 0) is 18.7 Å². The summed E-state index contributed by atoms with van der Waals surface area (Å²) in [6, 6.07) is 14.8. The minimum Gasteiger partial charge on any atom is -0.296 e. The fourth-order valence-electron chi connectivity index (χ4n) is 2.89. The molecule has 0 bridgehead atoms. The Balaban J connectivity index is 2.33. The summed E-state index contributed by atoms with van der Waals surface area (Å²) in [5.41, 5.74) is 1.19. The molecular formula is C16H14Cl2N2O. The van der Waals surface area contributed by atoms with E-state index in [1.54, 1.807) is 6.07 Å². The van der Waals surface area contributed by atoms with Crippen LogP contribution in [-0.4, -0.2) is 12.5 Å². The minimum absolute atomic E-state index is 0.236. The lowest BCUT2D eigenvalue weighted by molar-refractivity contribution is -0.121. The molecule has 2 aromatic carbocycles. The fraction of sp³-hybridized carbons (Fsp3) is 0.188. The number of carbonyl (C=O) groups is 1. The molecule has 0 saturated heterocycles. The van der Waals surface area contributed by atoms with E-state index in [1.807, 2.05) is 49.4 Å². The van der Waals surface area contributed by atoms with Crippen LogP contribution in [0.4, 0.5) is 5.69 Å². The second-order valence-corrected chi connectivity index (χ2v) is 5.61. The Labute approximate surface area is 133 Å². The fourth-order valence-corrected chi connectivity index (χ4v) is 3.44. The molecule has 1 N–H and O–H groups in total. The molecule has 2 aromatic rings. The summed E-state index contributed by atoms with van der Waals surface area (Å²) in [6.07, 6.45) is 0. The maximum atomic E-state index is 12.9. The van der Waals surface area contributed by atoms with Crippen molar-refractivity contribution in [3.05, 3.63) is 64.7 Å². The number of para-hydroxylation sites is 1. The SMILES string of the molecule is CCNC1(c2ccccc2Cl)C(=O)N(Cl)c2ccccc21. The number of hydrogen-bond donors (Lipinski definition) is 1. The number of carbonyl (C=O) groups excluding carboxylic acids is 1. The number of rotatable bonds is 3. The molecule has 1 aliphatic heterocycles. The van der Waals surface area contributed by atoms with Gasteiger partial charge in [0.15, 0.2) is 5.54 Å². The van der Waals surface area contributed by atoms with E-state index in [0.717, 1.165) is 5.56 Å². The van der Waals surface area contributed by atoms with Gasteiger partial charge >= 0.3 is 0 Å². The standard InChI is InChI=1S/C16H14Cl2N2O/c1-2-19-16(11-7-3-5-9-13(11)17)12-8-4-6-10-14(12)20(18)15(16)21/h3-10,19H,2H2,1H3. The van der Waals surface area contributed by atoms with E-state index < -0.39 is 5.54 Å². The van der Waals surface area contributed by atoms with Crippen LogP contribution in [-0.2, 0) is 10.3 Å². The smallest absolute Gasteiger partial charge is 0.271 e. The minimum atomic E-state index is -1.04. The highest BCUT2D eigenvalue weighted by Gasteiger charge is 2.52. The van der Waals surface area contributed by atoms with Gasteiger partial charge in [-0.3, -0.25) is 10.1 Å². The number of anilines is 1. The quantitative estimate of drug-likeness (QED) is 0.875. The lowest BCUT2D eigenvalue weighted by atomic mass is 9.83. The lowest BCUT2D eigenvalue weighted by Crippen LogP contribution is -2.50. The highest BCUT2D eigenvalue weighted by Crippen LogP contribution is 2.46. The van der Waals surface area contributed by atoms with Crippen molar-refractivity contribution in [1.82, 2.24) is 5.32 Å². The lowest BCUT2D eigenvalue weighted by Gasteiger charge is -2.30. The van der Waals surface area contributed by atoms with Crippen LogP contribution in [0.15, 0.2) is 48.5 Å². The zero-order chi connectivity index (χ0) is 15.0. The van der Waals surface area contributed by atoms with Crippen molar-refractivity contribution in [3.63, 3.8) is 0 Å². The summed E-state index contributed by atoms with van der Waals surface area (Å²) in [5.74, 6) is -0.236. The van der Waals surface area contributed by atoms with Crippen LogP contribution < -0.4 is 9.74 Å². The Bertz CT molecular complexity index is 704. The van der Waals surface area contributed by atoms with Crippen LogP contribution in [0.5, 0.6) is 0 Å². The second kappa shape index (κ2) is 5.34. The molecule has 0 saturated carbocycles. The highest BCUT2D eigenvalue weighted by molar-refractivity contribution is 6.41. The van der Waals surface area contributed by atoms with Gasteiger partial charge in [0.05, 0.1) is 5.69 Å². The molecule has 1 atom stereocenters. The Morgan fingerprint density at radius 1 is 1.10 bits per heavy atom. The van der Waals surface area contributed by atoms with E-state index in [0.29, 0.717) is 22.8 Å². The summed E-state index contributed by atoms with van der Waals surface area (Å²) in [7, 11) is 0. The molecular weight excluding hydrogens is 307 g/mol. The van der Waals surface area contributed by atoms with Gasteiger partial charge in [0.25, 0.3) is 5.91 Å². The predicted molar refractivity (Wildman–Crippen MR) is 85.7 cm³/mol.